The fourth-order valence-corrected chi connectivity index (χ4v) is 2.61. The normalized spacial score (nSPS) is 36.2. The Morgan fingerprint density at radius 2 is 2.31 bits per heavy atom. The van der Waals surface area contributed by atoms with Crippen molar-refractivity contribution in [2.75, 3.05) is 0 Å². The van der Waals surface area contributed by atoms with Gasteiger partial charge in [-0.15, -0.1) is 0 Å². The Labute approximate surface area is 74.6 Å². The van der Waals surface area contributed by atoms with E-state index in [-0.39, 0.29) is 11.8 Å². The summed E-state index contributed by atoms with van der Waals surface area (Å²) in [6.45, 7) is 0. The number of rotatable bonds is 1. The van der Waals surface area contributed by atoms with Gasteiger partial charge in [-0.1, -0.05) is 0 Å². The first kappa shape index (κ1) is 7.24. The number of hydrogen-bond donors (Lipinski definition) is 2. The van der Waals surface area contributed by atoms with Gasteiger partial charge < -0.3 is 9.52 Å². The molecule has 3 unspecified atom stereocenters. The molecule has 2 aliphatic carbocycles. The number of aromatic hydroxyl groups is 1. The van der Waals surface area contributed by atoms with Crippen LogP contribution in [0, 0.1) is 11.8 Å². The predicted molar refractivity (Wildman–Crippen MR) is 44.6 cm³/mol. The minimum absolute atomic E-state index is 0.0671. The highest BCUT2D eigenvalue weighted by Crippen LogP contribution is 2.59. The Hall–Kier alpha value is -1.19. The van der Waals surface area contributed by atoms with Crippen LogP contribution < -0.4 is 5.76 Å². The Balaban J connectivity index is 1.99. The van der Waals surface area contributed by atoms with E-state index in [9.17, 15) is 9.90 Å². The third-order valence-electron chi connectivity index (χ3n) is 3.34. The molecule has 0 bridgehead atoms. The van der Waals surface area contributed by atoms with Gasteiger partial charge in [0, 0.05) is 5.92 Å². The second-order valence-electron chi connectivity index (χ2n) is 4.07. The van der Waals surface area contributed by atoms with E-state index in [4.69, 9.17) is 4.42 Å². The van der Waals surface area contributed by atoms with Crippen molar-refractivity contribution in [3.05, 3.63) is 16.3 Å². The molecule has 3 atom stereocenters. The summed E-state index contributed by atoms with van der Waals surface area (Å²) < 4.78 is 4.93. The van der Waals surface area contributed by atoms with Crippen molar-refractivity contribution in [2.24, 2.45) is 11.8 Å². The monoisotopic (exact) mass is 181 g/mol. The van der Waals surface area contributed by atoms with Crippen LogP contribution in [0.25, 0.3) is 0 Å². The first-order valence-electron chi connectivity index (χ1n) is 4.67. The maximum absolute atomic E-state index is 10.8. The van der Waals surface area contributed by atoms with Crippen LogP contribution >= 0.6 is 0 Å². The molecule has 0 amide bonds. The number of nitrogens with one attached hydrogen (secondary N) is 1. The number of aromatic nitrogens is 1. The van der Waals surface area contributed by atoms with Gasteiger partial charge in [-0.3, -0.25) is 4.98 Å². The zero-order chi connectivity index (χ0) is 9.00. The Bertz CT molecular complexity index is 392. The molecule has 1 heterocycles. The fourth-order valence-electron chi connectivity index (χ4n) is 2.61. The van der Waals surface area contributed by atoms with E-state index in [1.807, 2.05) is 0 Å². The molecule has 2 aliphatic rings. The lowest BCUT2D eigenvalue weighted by molar-refractivity contribution is 0.383. The number of H-pyrrole nitrogens is 1. The molecule has 3 rings (SSSR count). The summed E-state index contributed by atoms with van der Waals surface area (Å²) in [6.07, 6.45) is 3.49. The predicted octanol–water partition coefficient (Wildman–Crippen LogP) is 1.19. The van der Waals surface area contributed by atoms with Crippen LogP contribution in [0.5, 0.6) is 5.88 Å². The van der Waals surface area contributed by atoms with E-state index in [2.05, 4.69) is 4.98 Å². The van der Waals surface area contributed by atoms with Crippen LogP contribution in [0.3, 0.4) is 0 Å². The van der Waals surface area contributed by atoms with Crippen molar-refractivity contribution in [1.82, 2.24) is 4.98 Å². The van der Waals surface area contributed by atoms with Gasteiger partial charge in [0.25, 0.3) is 0 Å². The summed E-state index contributed by atoms with van der Waals surface area (Å²) in [5, 5.41) is 9.38. The summed E-state index contributed by atoms with van der Waals surface area (Å²) >= 11 is 0. The maximum Gasteiger partial charge on any atom is 0.419 e. The van der Waals surface area contributed by atoms with Gasteiger partial charge in [0.1, 0.15) is 0 Å². The number of hydrogen-bond acceptors (Lipinski definition) is 3. The number of aromatic amines is 1. The lowest BCUT2D eigenvalue weighted by atomic mass is 10.0. The average Bonchev–Trinajstić information content (AvgIpc) is 2.62. The van der Waals surface area contributed by atoms with Gasteiger partial charge in [-0.25, -0.2) is 4.79 Å². The molecule has 0 spiro atoms. The molecule has 2 fully saturated rings. The summed E-state index contributed by atoms with van der Waals surface area (Å²) in [4.78, 5) is 13.1. The van der Waals surface area contributed by atoms with E-state index in [0.717, 1.165) is 12.3 Å². The summed E-state index contributed by atoms with van der Waals surface area (Å²) in [7, 11) is 0. The molecule has 13 heavy (non-hydrogen) atoms. The Kier molecular flexibility index (Phi) is 1.22. The number of oxazole rings is 1. The average molecular weight is 181 g/mol. The van der Waals surface area contributed by atoms with Crippen LogP contribution in [0.4, 0.5) is 0 Å². The van der Waals surface area contributed by atoms with Gasteiger partial charge in [0.15, 0.2) is 5.76 Å². The first-order chi connectivity index (χ1) is 6.25. The van der Waals surface area contributed by atoms with E-state index in [0.29, 0.717) is 11.7 Å². The molecule has 4 nitrogen and oxygen atoms in total. The molecule has 1 aromatic heterocycles. The van der Waals surface area contributed by atoms with Crippen molar-refractivity contribution < 1.29 is 9.52 Å². The lowest BCUT2D eigenvalue weighted by Crippen LogP contribution is -1.97. The van der Waals surface area contributed by atoms with E-state index >= 15 is 0 Å². The molecular weight excluding hydrogens is 170 g/mol. The highest BCUT2D eigenvalue weighted by Gasteiger charge is 2.50. The topological polar surface area (TPSA) is 66.2 Å². The standard InChI is InChI=1S/C9H11NO3/c11-8-7(13-9(12)10-8)5-2-1-4-3-6(4)5/h4-6,11H,1-3H2,(H,10,12). The molecule has 0 aliphatic heterocycles. The first-order valence-corrected chi connectivity index (χ1v) is 4.67. The zero-order valence-corrected chi connectivity index (χ0v) is 7.12. The minimum atomic E-state index is -0.545. The van der Waals surface area contributed by atoms with Crippen molar-refractivity contribution in [3.8, 4) is 5.88 Å². The molecule has 2 N–H and O–H groups in total. The summed E-state index contributed by atoms with van der Waals surface area (Å²) in [5.74, 6) is 1.63. The summed E-state index contributed by atoms with van der Waals surface area (Å²) in [6, 6.07) is 0. The number of fused-ring (bicyclic) bond motifs is 1. The molecule has 4 heteroatoms. The van der Waals surface area contributed by atoms with Crippen LogP contribution in [-0.2, 0) is 0 Å². The molecular formula is C9H11NO3. The Morgan fingerprint density at radius 3 is 2.77 bits per heavy atom. The van der Waals surface area contributed by atoms with Crippen LogP contribution in [0.15, 0.2) is 9.21 Å². The molecule has 70 valence electrons. The second kappa shape index (κ2) is 2.19. The third kappa shape index (κ3) is 0.944. The molecule has 1 aromatic rings. The van der Waals surface area contributed by atoms with Gasteiger partial charge >= 0.3 is 5.76 Å². The van der Waals surface area contributed by atoms with Gasteiger partial charge in [0.2, 0.25) is 5.88 Å². The zero-order valence-electron chi connectivity index (χ0n) is 7.12. The van der Waals surface area contributed by atoms with Crippen molar-refractivity contribution >= 4 is 0 Å². The van der Waals surface area contributed by atoms with E-state index in [1.165, 1.54) is 12.8 Å². The highest BCUT2D eigenvalue weighted by molar-refractivity contribution is 5.23. The smallest absolute Gasteiger partial charge is 0.419 e. The quantitative estimate of drug-likeness (QED) is 0.683. The van der Waals surface area contributed by atoms with Crippen LogP contribution in [0.2, 0.25) is 0 Å². The highest BCUT2D eigenvalue weighted by atomic mass is 16.4. The molecule has 0 aromatic carbocycles. The van der Waals surface area contributed by atoms with E-state index < -0.39 is 5.76 Å². The van der Waals surface area contributed by atoms with Gasteiger partial charge in [0.05, 0.1) is 0 Å². The van der Waals surface area contributed by atoms with Crippen molar-refractivity contribution in [3.63, 3.8) is 0 Å². The SMILES string of the molecule is O=c1[nH]c(O)c(C2CCC3CC32)o1. The van der Waals surface area contributed by atoms with Crippen LogP contribution in [0.1, 0.15) is 30.9 Å². The van der Waals surface area contributed by atoms with E-state index in [1.54, 1.807) is 0 Å². The van der Waals surface area contributed by atoms with Crippen molar-refractivity contribution in [2.45, 2.75) is 25.2 Å². The third-order valence-corrected chi connectivity index (χ3v) is 3.34. The Morgan fingerprint density at radius 1 is 1.46 bits per heavy atom. The lowest BCUT2D eigenvalue weighted by Gasteiger charge is -2.06. The van der Waals surface area contributed by atoms with Crippen LogP contribution in [-0.4, -0.2) is 10.1 Å². The molecule has 2 saturated carbocycles. The second-order valence-corrected chi connectivity index (χ2v) is 4.07. The van der Waals surface area contributed by atoms with Gasteiger partial charge in [-0.05, 0) is 31.1 Å². The molecule has 0 radical (unpaired) electrons. The minimum Gasteiger partial charge on any atom is -0.492 e. The van der Waals surface area contributed by atoms with Crippen molar-refractivity contribution in [1.29, 1.82) is 0 Å². The largest absolute Gasteiger partial charge is 0.492 e. The fraction of sp³-hybridized carbons (Fsp3) is 0.667. The molecule has 0 saturated heterocycles. The summed E-state index contributed by atoms with van der Waals surface area (Å²) in [5.41, 5.74) is 0. The van der Waals surface area contributed by atoms with Gasteiger partial charge in [-0.2, -0.15) is 0 Å². The maximum atomic E-state index is 10.8.